The van der Waals surface area contributed by atoms with Gasteiger partial charge in [0.05, 0.1) is 10.7 Å². The van der Waals surface area contributed by atoms with Crippen molar-refractivity contribution in [1.82, 2.24) is 4.90 Å². The monoisotopic (exact) mass is 414 g/mol. The van der Waals surface area contributed by atoms with E-state index in [1.54, 1.807) is 19.1 Å². The first-order valence-electron chi connectivity index (χ1n) is 9.58. The van der Waals surface area contributed by atoms with E-state index in [9.17, 15) is 9.59 Å². The van der Waals surface area contributed by atoms with Crippen molar-refractivity contribution in [2.45, 2.75) is 19.6 Å². The van der Waals surface area contributed by atoms with Gasteiger partial charge in [-0.15, -0.1) is 0 Å². The first-order chi connectivity index (χ1) is 13.9. The molecule has 0 spiro atoms. The molecule has 1 atom stereocenters. The van der Waals surface area contributed by atoms with Crippen LogP contribution in [0.1, 0.15) is 22.8 Å². The lowest BCUT2D eigenvalue weighted by atomic mass is 10.1. The highest BCUT2D eigenvalue weighted by molar-refractivity contribution is 6.33. The van der Waals surface area contributed by atoms with E-state index in [1.807, 2.05) is 24.3 Å². The number of anilines is 2. The average molecular weight is 415 g/mol. The Kier molecular flexibility index (Phi) is 5.34. The summed E-state index contributed by atoms with van der Waals surface area (Å²) in [6, 6.07) is 11.2. The normalized spacial score (nSPS) is 19.3. The lowest BCUT2D eigenvalue weighted by molar-refractivity contribution is -0.122. The molecular formula is C21H23ClN4O3. The number of primary amides is 1. The van der Waals surface area contributed by atoms with Gasteiger partial charge in [-0.3, -0.25) is 14.5 Å². The van der Waals surface area contributed by atoms with Crippen molar-refractivity contribution in [2.75, 3.05) is 36.4 Å². The van der Waals surface area contributed by atoms with Crippen molar-refractivity contribution in [3.8, 4) is 5.75 Å². The number of ether oxygens (including phenoxy) is 1. The molecule has 1 saturated heterocycles. The number of fused-ring (bicyclic) bond motifs is 1. The molecule has 0 aliphatic carbocycles. The van der Waals surface area contributed by atoms with E-state index in [4.69, 9.17) is 22.1 Å². The maximum atomic E-state index is 11.9. The second-order valence-corrected chi connectivity index (χ2v) is 7.79. The first kappa shape index (κ1) is 19.5. The highest BCUT2D eigenvalue weighted by Gasteiger charge is 2.26. The molecule has 0 saturated carbocycles. The number of nitrogens with two attached hydrogens (primary N) is 1. The van der Waals surface area contributed by atoms with Crippen LogP contribution >= 0.6 is 11.6 Å². The van der Waals surface area contributed by atoms with Crippen LogP contribution in [0, 0.1) is 0 Å². The van der Waals surface area contributed by atoms with Gasteiger partial charge in [-0.05, 0) is 48.9 Å². The fraction of sp³-hybridized carbons (Fsp3) is 0.333. The molecule has 2 aromatic rings. The quantitative estimate of drug-likeness (QED) is 0.802. The van der Waals surface area contributed by atoms with Gasteiger partial charge in [-0.1, -0.05) is 11.6 Å². The van der Waals surface area contributed by atoms with Gasteiger partial charge in [0.15, 0.2) is 11.9 Å². The van der Waals surface area contributed by atoms with Crippen molar-refractivity contribution in [3.05, 3.63) is 52.5 Å². The first-order valence-corrected chi connectivity index (χ1v) is 9.95. The summed E-state index contributed by atoms with van der Waals surface area (Å²) in [5, 5.41) is 3.37. The number of nitrogens with one attached hydrogen (secondary N) is 1. The Morgan fingerprint density at radius 1 is 1.21 bits per heavy atom. The van der Waals surface area contributed by atoms with Gasteiger partial charge < -0.3 is 20.7 Å². The lowest BCUT2D eigenvalue weighted by Crippen LogP contribution is -2.46. The third kappa shape index (κ3) is 4.16. The van der Waals surface area contributed by atoms with Crippen LogP contribution < -0.4 is 20.7 Å². The molecule has 2 heterocycles. The van der Waals surface area contributed by atoms with Crippen LogP contribution in [0.25, 0.3) is 0 Å². The maximum absolute atomic E-state index is 11.9. The number of benzene rings is 2. The standard InChI is InChI=1S/C21H23ClN4O3/c1-13-21(28)24-18-11-14(10-17(22)19(18)29-13)12-25-6-8-26(9-7-25)16-4-2-15(3-5-16)20(23)27/h2-5,10-11,13H,6-9,12H2,1H3,(H2,23,27)(H,24,28). The van der Waals surface area contributed by atoms with E-state index < -0.39 is 12.0 Å². The molecule has 7 nitrogen and oxygen atoms in total. The third-order valence-corrected chi connectivity index (χ3v) is 5.60. The Bertz CT molecular complexity index is 940. The van der Waals surface area contributed by atoms with Crippen LogP contribution in [0.3, 0.4) is 0 Å². The Morgan fingerprint density at radius 3 is 2.55 bits per heavy atom. The highest BCUT2D eigenvalue weighted by Crippen LogP contribution is 2.38. The molecule has 2 aliphatic rings. The SMILES string of the molecule is CC1Oc2c(Cl)cc(CN3CCN(c4ccc(C(N)=O)cc4)CC3)cc2NC1=O. The molecule has 4 rings (SSSR count). The Hall–Kier alpha value is -2.77. The molecule has 2 amide bonds. The summed E-state index contributed by atoms with van der Waals surface area (Å²) in [4.78, 5) is 27.7. The lowest BCUT2D eigenvalue weighted by Gasteiger charge is -2.36. The summed E-state index contributed by atoms with van der Waals surface area (Å²) in [5.74, 6) is -0.0467. The number of hydrogen-bond acceptors (Lipinski definition) is 5. The van der Waals surface area contributed by atoms with Crippen LogP contribution in [-0.2, 0) is 11.3 Å². The Morgan fingerprint density at radius 2 is 1.90 bits per heavy atom. The minimum atomic E-state index is -0.545. The van der Waals surface area contributed by atoms with Crippen molar-refractivity contribution < 1.29 is 14.3 Å². The van der Waals surface area contributed by atoms with Crippen molar-refractivity contribution in [2.24, 2.45) is 5.73 Å². The van der Waals surface area contributed by atoms with Crippen molar-refractivity contribution in [1.29, 1.82) is 0 Å². The van der Waals surface area contributed by atoms with Gasteiger partial charge in [0.2, 0.25) is 5.91 Å². The molecule has 0 aromatic heterocycles. The van der Waals surface area contributed by atoms with Gasteiger partial charge >= 0.3 is 0 Å². The maximum Gasteiger partial charge on any atom is 0.265 e. The van der Waals surface area contributed by atoms with Crippen LogP contribution in [0.15, 0.2) is 36.4 Å². The molecule has 3 N–H and O–H groups in total. The number of rotatable bonds is 4. The van der Waals surface area contributed by atoms with Gasteiger partial charge in [0.25, 0.3) is 5.91 Å². The van der Waals surface area contributed by atoms with Crippen molar-refractivity contribution >= 4 is 34.8 Å². The zero-order valence-electron chi connectivity index (χ0n) is 16.2. The predicted octanol–water partition coefficient (Wildman–Crippen LogP) is 2.48. The summed E-state index contributed by atoms with van der Waals surface area (Å²) in [5.41, 5.74) is 8.56. The molecule has 29 heavy (non-hydrogen) atoms. The van der Waals surface area contributed by atoms with Gasteiger partial charge in [0, 0.05) is 44.0 Å². The fourth-order valence-corrected chi connectivity index (χ4v) is 3.96. The summed E-state index contributed by atoms with van der Waals surface area (Å²) < 4.78 is 5.61. The Labute approximate surface area is 174 Å². The molecular weight excluding hydrogens is 392 g/mol. The molecule has 8 heteroatoms. The minimum Gasteiger partial charge on any atom is -0.477 e. The largest absolute Gasteiger partial charge is 0.477 e. The number of amides is 2. The zero-order chi connectivity index (χ0) is 20.5. The molecule has 1 fully saturated rings. The van der Waals surface area contributed by atoms with E-state index in [0.717, 1.165) is 44.0 Å². The summed E-state index contributed by atoms with van der Waals surface area (Å²) >= 11 is 6.38. The van der Waals surface area contributed by atoms with Crippen LogP contribution in [0.5, 0.6) is 5.75 Å². The molecule has 0 radical (unpaired) electrons. The summed E-state index contributed by atoms with van der Waals surface area (Å²) in [7, 11) is 0. The number of carbonyl (C=O) groups is 2. The number of piperazine rings is 1. The topological polar surface area (TPSA) is 87.9 Å². The summed E-state index contributed by atoms with van der Waals surface area (Å²) in [6.07, 6.45) is -0.545. The van der Waals surface area contributed by atoms with E-state index >= 15 is 0 Å². The van der Waals surface area contributed by atoms with E-state index in [0.29, 0.717) is 22.0 Å². The van der Waals surface area contributed by atoms with Crippen LogP contribution in [0.2, 0.25) is 5.02 Å². The molecule has 2 aliphatic heterocycles. The molecule has 2 aromatic carbocycles. The molecule has 1 unspecified atom stereocenters. The van der Waals surface area contributed by atoms with Crippen molar-refractivity contribution in [3.63, 3.8) is 0 Å². The van der Waals surface area contributed by atoms with Gasteiger partial charge in [0.1, 0.15) is 0 Å². The fourth-order valence-electron chi connectivity index (χ4n) is 3.68. The smallest absolute Gasteiger partial charge is 0.265 e. The highest BCUT2D eigenvalue weighted by atomic mass is 35.5. The number of carbonyl (C=O) groups excluding carboxylic acids is 2. The van der Waals surface area contributed by atoms with E-state index in [-0.39, 0.29) is 5.91 Å². The molecule has 0 bridgehead atoms. The molecule has 152 valence electrons. The predicted molar refractivity (Wildman–Crippen MR) is 113 cm³/mol. The Balaban J connectivity index is 1.39. The second kappa shape index (κ2) is 7.93. The van der Waals surface area contributed by atoms with Gasteiger partial charge in [-0.2, -0.15) is 0 Å². The number of hydrogen-bond donors (Lipinski definition) is 2. The van der Waals surface area contributed by atoms with E-state index in [1.165, 1.54) is 0 Å². The zero-order valence-corrected chi connectivity index (χ0v) is 16.9. The van der Waals surface area contributed by atoms with E-state index in [2.05, 4.69) is 15.1 Å². The third-order valence-electron chi connectivity index (χ3n) is 5.32. The van der Waals surface area contributed by atoms with Crippen LogP contribution in [-0.4, -0.2) is 49.0 Å². The average Bonchev–Trinajstić information content (AvgIpc) is 2.70. The van der Waals surface area contributed by atoms with Crippen LogP contribution in [0.4, 0.5) is 11.4 Å². The summed E-state index contributed by atoms with van der Waals surface area (Å²) in [6.45, 7) is 5.99. The minimum absolute atomic E-state index is 0.165. The van der Waals surface area contributed by atoms with Gasteiger partial charge in [-0.25, -0.2) is 0 Å². The number of halogens is 1. The second-order valence-electron chi connectivity index (χ2n) is 7.38. The number of nitrogens with zero attached hydrogens (tertiary/aromatic N) is 2.